The Balaban J connectivity index is 2.48. The van der Waals surface area contributed by atoms with E-state index in [1.807, 2.05) is 5.56 Å². The molecule has 0 aliphatic rings. The molecule has 1 aromatic rings. The highest BCUT2D eigenvalue weighted by molar-refractivity contribution is 5.40. The van der Waals surface area contributed by atoms with Gasteiger partial charge in [0.25, 0.3) is 0 Å². The molecule has 0 saturated heterocycles. The maximum absolute atomic E-state index is 2.71. The third kappa shape index (κ3) is 47.0. The average Bonchev–Trinajstić information content (AvgIpc) is 3.37. The van der Waals surface area contributed by atoms with E-state index in [1.54, 1.807) is 16.7 Å². The molecule has 0 bridgehead atoms. The van der Waals surface area contributed by atoms with Crippen molar-refractivity contribution in [2.75, 3.05) is 0 Å². The summed E-state index contributed by atoms with van der Waals surface area (Å²) in [5.74, 6) is 0. The quantitative estimate of drug-likeness (QED) is 0.0571. The monoisotopic (exact) mass is 975 g/mol. The first-order chi connectivity index (χ1) is 34.8. The van der Waals surface area contributed by atoms with Crippen LogP contribution in [0.3, 0.4) is 0 Å². The van der Waals surface area contributed by atoms with Crippen LogP contribution in [0.15, 0.2) is 12.1 Å². The lowest BCUT2D eigenvalue weighted by atomic mass is 9.87. The van der Waals surface area contributed by atoms with E-state index in [0.717, 1.165) is 0 Å². The minimum absolute atomic E-state index is 1.29. The van der Waals surface area contributed by atoms with Crippen molar-refractivity contribution < 1.29 is 0 Å². The zero-order chi connectivity index (χ0) is 50.2. The average molecular weight is 976 g/mol. The van der Waals surface area contributed by atoms with Crippen LogP contribution in [0, 0.1) is 0 Å². The van der Waals surface area contributed by atoms with Gasteiger partial charge >= 0.3 is 0 Å². The van der Waals surface area contributed by atoms with Gasteiger partial charge in [0, 0.05) is 0 Å². The molecule has 0 heteroatoms. The number of benzene rings is 1. The number of aryl methyl sites for hydroxylation is 3. The lowest BCUT2D eigenvalue weighted by molar-refractivity contribution is 0.523. The van der Waals surface area contributed by atoms with Crippen molar-refractivity contribution in [3.63, 3.8) is 0 Å². The zero-order valence-electron chi connectivity index (χ0n) is 49.6. The van der Waals surface area contributed by atoms with E-state index >= 15 is 0 Å². The van der Waals surface area contributed by atoms with Crippen LogP contribution in [0.1, 0.15) is 410 Å². The summed E-state index contributed by atoms with van der Waals surface area (Å²) in [6.07, 6.45) is 86.9. The van der Waals surface area contributed by atoms with Crippen LogP contribution in [0.5, 0.6) is 0 Å². The molecule has 1 rings (SSSR count). The fourth-order valence-corrected chi connectivity index (χ4v) is 11.8. The Kier molecular flexibility index (Phi) is 55.2. The smallest absolute Gasteiger partial charge is 0.0273 e. The van der Waals surface area contributed by atoms with Gasteiger partial charge in [0.15, 0.2) is 0 Å². The molecule has 0 amide bonds. The predicted molar refractivity (Wildman–Crippen MR) is 323 cm³/mol. The van der Waals surface area contributed by atoms with Crippen molar-refractivity contribution in [2.45, 2.75) is 413 Å². The molecule has 0 spiro atoms. The Morgan fingerprint density at radius 1 is 0.171 bits per heavy atom. The summed E-state index contributed by atoms with van der Waals surface area (Å²) in [7, 11) is 0. The normalized spacial score (nSPS) is 11.7. The van der Waals surface area contributed by atoms with Gasteiger partial charge in [-0.2, -0.15) is 0 Å². The molecule has 0 atom stereocenters. The van der Waals surface area contributed by atoms with Gasteiger partial charge in [-0.25, -0.2) is 0 Å². The first kappa shape index (κ1) is 67.2. The Bertz CT molecular complexity index is 1050. The lowest BCUT2D eigenvalue weighted by Gasteiger charge is -2.18. The van der Waals surface area contributed by atoms with Gasteiger partial charge < -0.3 is 0 Å². The third-order valence-electron chi connectivity index (χ3n) is 16.7. The molecule has 0 heterocycles. The van der Waals surface area contributed by atoms with E-state index in [0.29, 0.717) is 0 Å². The van der Waals surface area contributed by atoms with Gasteiger partial charge in [-0.3, -0.25) is 0 Å². The second kappa shape index (κ2) is 57.5. The second-order valence-electron chi connectivity index (χ2n) is 23.8. The van der Waals surface area contributed by atoms with E-state index in [9.17, 15) is 0 Å². The Labute approximate surface area is 445 Å². The van der Waals surface area contributed by atoms with Gasteiger partial charge in [-0.05, 0) is 73.6 Å². The zero-order valence-corrected chi connectivity index (χ0v) is 49.6. The topological polar surface area (TPSA) is 0 Å². The number of hydrogen-bond donors (Lipinski definition) is 0. The summed E-state index contributed by atoms with van der Waals surface area (Å²) < 4.78 is 0. The van der Waals surface area contributed by atoms with Crippen molar-refractivity contribution in [1.29, 1.82) is 0 Å². The third-order valence-corrected chi connectivity index (χ3v) is 16.7. The fraction of sp³-hybridized carbons (Fsp3) is 0.914. The van der Waals surface area contributed by atoms with Crippen LogP contribution in [-0.2, 0) is 25.7 Å². The maximum Gasteiger partial charge on any atom is -0.0273 e. The Morgan fingerprint density at radius 2 is 0.343 bits per heavy atom. The van der Waals surface area contributed by atoms with E-state index in [-0.39, 0.29) is 0 Å². The minimum atomic E-state index is 1.29. The van der Waals surface area contributed by atoms with Crippen molar-refractivity contribution in [2.24, 2.45) is 0 Å². The largest absolute Gasteiger partial charge is 0.0654 e. The number of unbranched alkanes of at least 4 members (excludes halogenated alkanes) is 52. The first-order valence-electron chi connectivity index (χ1n) is 33.9. The van der Waals surface area contributed by atoms with Crippen LogP contribution in [0.2, 0.25) is 0 Å². The van der Waals surface area contributed by atoms with Gasteiger partial charge in [0.2, 0.25) is 0 Å². The molecule has 0 aliphatic carbocycles. The summed E-state index contributed by atoms with van der Waals surface area (Å²) in [4.78, 5) is 0. The SMILES string of the molecule is CCCCCCCCCCCCCCCCCCCCc1cc(CCCC)cc(CCCCCCCCCCCCCCCCCCCC)c1CCCCCCCCCCCCCCCCCCCC. The fourth-order valence-electron chi connectivity index (χ4n) is 11.8. The maximum atomic E-state index is 2.71. The Morgan fingerprint density at radius 3 is 0.543 bits per heavy atom. The van der Waals surface area contributed by atoms with Crippen LogP contribution in [0.25, 0.3) is 0 Å². The van der Waals surface area contributed by atoms with Crippen LogP contribution < -0.4 is 0 Å². The molecular weight excluding hydrogens is 841 g/mol. The highest BCUT2D eigenvalue weighted by atomic mass is 14.2. The lowest BCUT2D eigenvalue weighted by Crippen LogP contribution is -2.05. The summed E-state index contributed by atoms with van der Waals surface area (Å²) in [5.41, 5.74) is 7.03. The molecule has 0 fully saturated rings. The molecule has 414 valence electrons. The van der Waals surface area contributed by atoms with Gasteiger partial charge in [0.1, 0.15) is 0 Å². The molecule has 0 aliphatic heterocycles. The van der Waals surface area contributed by atoms with E-state index in [2.05, 4.69) is 39.8 Å². The second-order valence-corrected chi connectivity index (χ2v) is 23.8. The van der Waals surface area contributed by atoms with Crippen LogP contribution >= 0.6 is 0 Å². The van der Waals surface area contributed by atoms with Crippen molar-refractivity contribution >= 4 is 0 Å². The molecular formula is C70H134. The molecule has 0 nitrogen and oxygen atoms in total. The minimum Gasteiger partial charge on any atom is -0.0654 e. The molecule has 0 unspecified atom stereocenters. The van der Waals surface area contributed by atoms with Crippen LogP contribution in [0.4, 0.5) is 0 Å². The predicted octanol–water partition coefficient (Wildman–Crippen LogP) is 25.8. The van der Waals surface area contributed by atoms with Crippen molar-refractivity contribution in [1.82, 2.24) is 0 Å². The summed E-state index contributed by atoms with van der Waals surface area (Å²) in [6.45, 7) is 9.35. The van der Waals surface area contributed by atoms with Gasteiger partial charge in [-0.15, -0.1) is 0 Å². The standard InChI is InChI=1S/C70H134/c1-5-9-13-16-19-22-25-28-31-34-37-40-43-46-49-52-55-58-62-68-65-67(61-12-8-4)66-69(63-59-56-53-50-47-44-41-38-35-32-29-26-23-20-17-14-10-6-2)70(68)64-60-57-54-51-48-45-42-39-36-33-30-27-24-21-18-15-11-7-3/h65-66H,5-64H2,1-4H3. The van der Waals surface area contributed by atoms with Crippen molar-refractivity contribution in [3.05, 3.63) is 34.4 Å². The summed E-state index contributed by atoms with van der Waals surface area (Å²) >= 11 is 0. The molecule has 1 aromatic carbocycles. The molecule has 0 N–H and O–H groups in total. The van der Waals surface area contributed by atoms with Gasteiger partial charge in [0.05, 0.1) is 0 Å². The summed E-state index contributed by atoms with van der Waals surface area (Å²) in [6, 6.07) is 5.43. The van der Waals surface area contributed by atoms with E-state index in [4.69, 9.17) is 0 Å². The number of hydrogen-bond acceptors (Lipinski definition) is 0. The summed E-state index contributed by atoms with van der Waals surface area (Å²) in [5, 5.41) is 0. The molecule has 0 aromatic heterocycles. The molecule has 0 radical (unpaired) electrons. The van der Waals surface area contributed by atoms with E-state index in [1.165, 1.54) is 385 Å². The van der Waals surface area contributed by atoms with Gasteiger partial charge in [-0.1, -0.05) is 374 Å². The molecule has 70 heavy (non-hydrogen) atoms. The highest BCUT2D eigenvalue weighted by Crippen LogP contribution is 2.27. The number of rotatable bonds is 60. The van der Waals surface area contributed by atoms with E-state index < -0.39 is 0 Å². The highest BCUT2D eigenvalue weighted by Gasteiger charge is 2.12. The van der Waals surface area contributed by atoms with Crippen LogP contribution in [-0.4, -0.2) is 0 Å². The van der Waals surface area contributed by atoms with Crippen molar-refractivity contribution in [3.8, 4) is 0 Å². The first-order valence-corrected chi connectivity index (χ1v) is 33.9. The molecule has 0 saturated carbocycles. The Hall–Kier alpha value is -0.780.